The second-order valence-corrected chi connectivity index (χ2v) is 7.14. The first-order valence-corrected chi connectivity index (χ1v) is 9.89. The Morgan fingerprint density at radius 3 is 1.93 bits per heavy atom. The number of aromatic nitrogens is 2. The van der Waals surface area contributed by atoms with E-state index in [1.165, 1.54) is 0 Å². The molecule has 4 heteroatoms. The number of rotatable bonds is 5. The van der Waals surface area contributed by atoms with Crippen LogP contribution in [0.25, 0.3) is 33.5 Å². The molecular formula is C25H23N3O. The van der Waals surface area contributed by atoms with Crippen molar-refractivity contribution >= 4 is 16.9 Å². The first-order chi connectivity index (χ1) is 14.2. The summed E-state index contributed by atoms with van der Waals surface area (Å²) in [5.41, 5.74) is 5.72. The van der Waals surface area contributed by atoms with Crippen LogP contribution in [0.5, 0.6) is 0 Å². The fraction of sp³-hybridized carbons (Fsp3) is 0.160. The molecule has 4 rings (SSSR count). The van der Waals surface area contributed by atoms with Gasteiger partial charge in [-0.3, -0.25) is 4.79 Å². The highest BCUT2D eigenvalue weighted by atomic mass is 16.1. The van der Waals surface area contributed by atoms with Crippen LogP contribution in [0.1, 0.15) is 30.6 Å². The zero-order valence-electron chi connectivity index (χ0n) is 16.6. The second kappa shape index (κ2) is 8.23. The summed E-state index contributed by atoms with van der Waals surface area (Å²) < 4.78 is 0. The van der Waals surface area contributed by atoms with Crippen LogP contribution in [0.3, 0.4) is 0 Å². The lowest BCUT2D eigenvalue weighted by Crippen LogP contribution is -2.31. The highest BCUT2D eigenvalue weighted by molar-refractivity contribution is 5.98. The number of nitrogens with zero attached hydrogens (tertiary/aromatic N) is 2. The van der Waals surface area contributed by atoms with Gasteiger partial charge in [0, 0.05) is 22.7 Å². The van der Waals surface area contributed by atoms with Gasteiger partial charge in [0.25, 0.3) is 5.91 Å². The van der Waals surface area contributed by atoms with Gasteiger partial charge in [-0.25, -0.2) is 9.97 Å². The minimum atomic E-state index is -0.0866. The Hall–Kier alpha value is -3.53. The molecule has 144 valence electrons. The van der Waals surface area contributed by atoms with Crippen molar-refractivity contribution in [2.45, 2.75) is 26.3 Å². The Morgan fingerprint density at radius 1 is 0.828 bits per heavy atom. The minimum Gasteiger partial charge on any atom is -0.350 e. The maximum absolute atomic E-state index is 12.5. The Bertz CT molecular complexity index is 1140. The molecule has 0 aliphatic rings. The van der Waals surface area contributed by atoms with Crippen LogP contribution < -0.4 is 5.32 Å². The summed E-state index contributed by atoms with van der Waals surface area (Å²) in [6, 6.07) is 25.7. The van der Waals surface area contributed by atoms with E-state index in [-0.39, 0.29) is 11.9 Å². The Morgan fingerprint density at radius 2 is 1.38 bits per heavy atom. The third-order valence-corrected chi connectivity index (χ3v) is 5.01. The Balaban J connectivity index is 1.86. The van der Waals surface area contributed by atoms with Gasteiger partial charge in [-0.05, 0) is 31.5 Å². The topological polar surface area (TPSA) is 54.9 Å². The summed E-state index contributed by atoms with van der Waals surface area (Å²) >= 11 is 0. The number of hydrogen-bond donors (Lipinski definition) is 1. The molecule has 0 fully saturated rings. The van der Waals surface area contributed by atoms with Crippen molar-refractivity contribution in [3.8, 4) is 22.5 Å². The summed E-state index contributed by atoms with van der Waals surface area (Å²) in [5, 5.41) is 3.01. The molecule has 1 amide bonds. The van der Waals surface area contributed by atoms with Crippen molar-refractivity contribution in [1.29, 1.82) is 0 Å². The number of carbonyl (C=O) groups is 1. The molecule has 4 aromatic rings. The molecule has 1 N–H and O–H groups in total. The molecule has 0 aliphatic heterocycles. The zero-order chi connectivity index (χ0) is 20.2. The normalized spacial score (nSPS) is 11.9. The van der Waals surface area contributed by atoms with Gasteiger partial charge in [0.1, 0.15) is 0 Å². The molecular weight excluding hydrogens is 358 g/mol. The van der Waals surface area contributed by atoms with Crippen molar-refractivity contribution in [2.75, 3.05) is 0 Å². The van der Waals surface area contributed by atoms with E-state index in [1.807, 2.05) is 92.7 Å². The minimum absolute atomic E-state index is 0.0866. The molecule has 4 nitrogen and oxygen atoms in total. The number of benzene rings is 3. The molecule has 1 atom stereocenters. The van der Waals surface area contributed by atoms with Gasteiger partial charge >= 0.3 is 0 Å². The van der Waals surface area contributed by atoms with Gasteiger partial charge < -0.3 is 5.32 Å². The molecule has 0 saturated carbocycles. The van der Waals surface area contributed by atoms with Crippen LogP contribution in [-0.2, 0) is 0 Å². The van der Waals surface area contributed by atoms with Gasteiger partial charge in [-0.15, -0.1) is 0 Å². The van der Waals surface area contributed by atoms with E-state index < -0.39 is 0 Å². The quantitative estimate of drug-likeness (QED) is 0.497. The zero-order valence-corrected chi connectivity index (χ0v) is 16.6. The predicted octanol–water partition coefficient (Wildman–Crippen LogP) is 5.49. The molecule has 0 aliphatic carbocycles. The summed E-state index contributed by atoms with van der Waals surface area (Å²) in [6.45, 7) is 4.05. The lowest BCUT2D eigenvalue weighted by atomic mass is 10.0. The monoisotopic (exact) mass is 381 g/mol. The molecule has 29 heavy (non-hydrogen) atoms. The first-order valence-electron chi connectivity index (χ1n) is 9.89. The average molecular weight is 381 g/mol. The van der Waals surface area contributed by atoms with E-state index in [9.17, 15) is 4.79 Å². The Kier molecular flexibility index (Phi) is 5.34. The molecule has 1 aromatic heterocycles. The lowest BCUT2D eigenvalue weighted by Gasteiger charge is -2.13. The van der Waals surface area contributed by atoms with Crippen LogP contribution >= 0.6 is 0 Å². The number of nitrogens with one attached hydrogen (secondary N) is 1. The van der Waals surface area contributed by atoms with Crippen LogP contribution in [0.15, 0.2) is 78.9 Å². The number of fused-ring (bicyclic) bond motifs is 1. The average Bonchev–Trinajstić information content (AvgIpc) is 2.78. The summed E-state index contributed by atoms with van der Waals surface area (Å²) in [4.78, 5) is 22.4. The van der Waals surface area contributed by atoms with Crippen LogP contribution in [-0.4, -0.2) is 21.9 Å². The first kappa shape index (κ1) is 18.8. The molecule has 0 spiro atoms. The largest absolute Gasteiger partial charge is 0.350 e. The van der Waals surface area contributed by atoms with Crippen molar-refractivity contribution < 1.29 is 4.79 Å². The summed E-state index contributed by atoms with van der Waals surface area (Å²) in [7, 11) is 0. The smallest absolute Gasteiger partial charge is 0.251 e. The van der Waals surface area contributed by atoms with Gasteiger partial charge in [0.2, 0.25) is 0 Å². The van der Waals surface area contributed by atoms with Gasteiger partial charge in [-0.1, -0.05) is 67.6 Å². The third-order valence-electron chi connectivity index (χ3n) is 5.01. The van der Waals surface area contributed by atoms with E-state index in [0.29, 0.717) is 11.1 Å². The predicted molar refractivity (Wildman–Crippen MR) is 118 cm³/mol. The van der Waals surface area contributed by atoms with E-state index in [4.69, 9.17) is 9.97 Å². The second-order valence-electron chi connectivity index (χ2n) is 7.14. The van der Waals surface area contributed by atoms with E-state index in [2.05, 4.69) is 5.32 Å². The fourth-order valence-corrected chi connectivity index (χ4v) is 3.20. The van der Waals surface area contributed by atoms with E-state index in [0.717, 1.165) is 34.5 Å². The molecule has 3 aromatic carbocycles. The van der Waals surface area contributed by atoms with Crippen LogP contribution in [0, 0.1) is 0 Å². The van der Waals surface area contributed by atoms with E-state index >= 15 is 0 Å². The third kappa shape index (κ3) is 4.02. The van der Waals surface area contributed by atoms with Crippen molar-refractivity contribution in [3.63, 3.8) is 0 Å². The maximum Gasteiger partial charge on any atom is 0.251 e. The van der Waals surface area contributed by atoms with Crippen molar-refractivity contribution in [1.82, 2.24) is 15.3 Å². The van der Waals surface area contributed by atoms with E-state index in [1.54, 1.807) is 0 Å². The molecule has 1 unspecified atom stereocenters. The van der Waals surface area contributed by atoms with Crippen LogP contribution in [0.2, 0.25) is 0 Å². The molecule has 1 heterocycles. The molecule has 0 saturated heterocycles. The van der Waals surface area contributed by atoms with Gasteiger partial charge in [-0.2, -0.15) is 0 Å². The number of hydrogen-bond acceptors (Lipinski definition) is 3. The molecule has 0 bridgehead atoms. The lowest BCUT2D eigenvalue weighted by molar-refractivity contribution is 0.0939. The SMILES string of the molecule is CCC(C)NC(=O)c1ccc2nc(-c3ccccc3)c(-c3ccccc3)nc2c1. The standard InChI is InChI=1S/C25H23N3O/c1-3-17(2)26-25(29)20-14-15-21-22(16-20)28-24(19-12-8-5-9-13-19)23(27-21)18-10-6-4-7-11-18/h4-17H,3H2,1-2H3,(H,26,29). The summed E-state index contributed by atoms with van der Waals surface area (Å²) in [6.07, 6.45) is 0.887. The fourth-order valence-electron chi connectivity index (χ4n) is 3.20. The van der Waals surface area contributed by atoms with Crippen molar-refractivity contribution in [3.05, 3.63) is 84.4 Å². The van der Waals surface area contributed by atoms with Crippen LogP contribution in [0.4, 0.5) is 0 Å². The summed E-state index contributed by atoms with van der Waals surface area (Å²) in [5.74, 6) is -0.0866. The number of amides is 1. The van der Waals surface area contributed by atoms with Gasteiger partial charge in [0.15, 0.2) is 0 Å². The molecule has 0 radical (unpaired) electrons. The van der Waals surface area contributed by atoms with Crippen molar-refractivity contribution in [2.24, 2.45) is 0 Å². The maximum atomic E-state index is 12.5. The number of carbonyl (C=O) groups excluding carboxylic acids is 1. The Labute approximate surface area is 170 Å². The van der Waals surface area contributed by atoms with Gasteiger partial charge in [0.05, 0.1) is 22.4 Å². The highest BCUT2D eigenvalue weighted by Gasteiger charge is 2.15. The highest BCUT2D eigenvalue weighted by Crippen LogP contribution is 2.31.